The van der Waals surface area contributed by atoms with E-state index in [1.165, 1.54) is 0 Å². The van der Waals surface area contributed by atoms with E-state index in [1.54, 1.807) is 0 Å². The van der Waals surface area contributed by atoms with Gasteiger partial charge in [-0.25, -0.2) is 0 Å². The van der Waals surface area contributed by atoms with Gasteiger partial charge in [0.15, 0.2) is 0 Å². The first-order valence-electron chi connectivity index (χ1n) is 0.730. The number of hydrogen-bond donors (Lipinski definition) is 4. The Bertz CT molecular complexity index is 40.5. The van der Waals surface area contributed by atoms with Gasteiger partial charge in [-0.15, -0.1) is 10.7 Å². The number of nitrogens with zero attached hydrogens (tertiary/aromatic N) is 2. The topological polar surface area (TPSA) is 245 Å². The molecule has 12 N–H and O–H groups in total. The summed E-state index contributed by atoms with van der Waals surface area (Å²) in [5, 5.41) is 18.0. The summed E-state index contributed by atoms with van der Waals surface area (Å²) < 4.78 is 0. The van der Waals surface area contributed by atoms with Crippen LogP contribution >= 0.6 is 0 Å². The minimum Gasteiger partial charge on any atom is -1.00 e. The zero-order chi connectivity index (χ0) is 5.41. The van der Waals surface area contributed by atoms with E-state index in [0.29, 0.717) is 0 Å². The van der Waals surface area contributed by atoms with Crippen LogP contribution in [0.3, 0.4) is 0 Å². The molecule has 0 aliphatic heterocycles. The van der Waals surface area contributed by atoms with Gasteiger partial charge in [-0.2, -0.15) is 0 Å². The minimum atomic E-state index is 0. The fourth-order valence-corrected chi connectivity index (χ4v) is 0. The van der Waals surface area contributed by atoms with Gasteiger partial charge in [0.05, 0.1) is 0 Å². The number of hydrogen-bond acceptors (Lipinski definition) is 10. The summed E-state index contributed by atoms with van der Waals surface area (Å²) in [4.78, 5) is 16.0. The van der Waals surface area contributed by atoms with Crippen molar-refractivity contribution in [3.05, 3.63) is 20.2 Å². The molecule has 0 aliphatic carbocycles. The van der Waals surface area contributed by atoms with Crippen molar-refractivity contribution in [2.24, 2.45) is 10.7 Å². The molecule has 10 nitrogen and oxygen atoms in total. The van der Waals surface area contributed by atoms with Crippen LogP contribution in [0.15, 0.2) is 10.7 Å². The van der Waals surface area contributed by atoms with Crippen molar-refractivity contribution in [1.82, 2.24) is 24.6 Å². The van der Waals surface area contributed by atoms with Crippen LogP contribution in [0.2, 0.25) is 0 Å². The Morgan fingerprint density at radius 2 is 0.750 bits per heavy atom. The van der Waals surface area contributed by atoms with E-state index < -0.39 is 0 Å². The fourth-order valence-electron chi connectivity index (χ4n) is 0. The van der Waals surface area contributed by atoms with Crippen molar-refractivity contribution >= 4 is 0 Å². The molecule has 0 heterocycles. The molecule has 0 rings (SSSR count). The van der Waals surface area contributed by atoms with Crippen LogP contribution in [0.5, 0.6) is 0 Å². The maximum atomic E-state index is 8.00. The molecular formula is H12ClCoN6O4. The van der Waals surface area contributed by atoms with E-state index in [9.17, 15) is 0 Å². The Morgan fingerprint density at radius 1 is 0.750 bits per heavy atom. The van der Waals surface area contributed by atoms with E-state index in [4.69, 9.17) is 20.2 Å². The summed E-state index contributed by atoms with van der Waals surface area (Å²) in [5.41, 5.74) is 0. The van der Waals surface area contributed by atoms with E-state index in [2.05, 4.69) is 0 Å². The molecule has 0 radical (unpaired) electrons. The predicted octanol–water partition coefficient (Wildman–Crippen LogP) is -1.85. The van der Waals surface area contributed by atoms with Gasteiger partial charge in [0.1, 0.15) is 0 Å². The predicted molar refractivity (Wildman–Crippen MR) is 38.4 cm³/mol. The molecule has 0 aromatic rings. The molecule has 0 fully saturated rings. The van der Waals surface area contributed by atoms with Gasteiger partial charge in [-0.1, -0.05) is 0 Å². The molecule has 0 unspecified atom stereocenters. The molecule has 0 aromatic heterocycles. The molecule has 0 atom stereocenters. The minimum absolute atomic E-state index is 0. The second-order valence-electron chi connectivity index (χ2n) is 0.149. The van der Waals surface area contributed by atoms with Crippen LogP contribution in [0, 0.1) is 20.2 Å². The SMILES string of the molecule is N.N.N.N.O=N[O-].O=N[O-].[Cl-].[Co+3]. The molecule has 0 bridgehead atoms. The van der Waals surface area contributed by atoms with Gasteiger partial charge in [0.25, 0.3) is 0 Å². The standard InChI is InChI=1S/ClH.Co.2HNO2.4H3N/c;;2*2-1-3;;;;/h1H;;2*(H,2,3);4*1H3/q;+3;;;;;;/p-3. The summed E-state index contributed by atoms with van der Waals surface area (Å²) in [6.45, 7) is 0. The number of rotatable bonds is 0. The Balaban J connectivity index is -0.00000000296. The molecule has 12 heteroatoms. The van der Waals surface area contributed by atoms with Crippen molar-refractivity contribution in [3.8, 4) is 0 Å². The average Bonchev–Trinajstić information content (AvgIpc) is 1.39. The Kier molecular flexibility index (Phi) is 3960. The maximum absolute atomic E-state index is 8.00. The number of halogens is 1. The van der Waals surface area contributed by atoms with Crippen molar-refractivity contribution in [3.63, 3.8) is 0 Å². The third kappa shape index (κ3) is 2120. The summed E-state index contributed by atoms with van der Waals surface area (Å²) in [7, 11) is 0. The van der Waals surface area contributed by atoms with Crippen LogP contribution in [-0.4, -0.2) is 0 Å². The molecule has 0 spiro atoms. The molecule has 0 aliphatic rings. The van der Waals surface area contributed by atoms with E-state index >= 15 is 0 Å². The fraction of sp³-hybridized carbons (Fsp3) is 0. The Labute approximate surface area is 85.3 Å². The maximum Gasteiger partial charge on any atom is 3.00 e. The van der Waals surface area contributed by atoms with Crippen molar-refractivity contribution in [2.45, 2.75) is 0 Å². The smallest absolute Gasteiger partial charge is 1.00 e. The van der Waals surface area contributed by atoms with Crippen LogP contribution in [0.25, 0.3) is 0 Å². The first-order chi connectivity index (χ1) is 2.83. The third-order valence-electron chi connectivity index (χ3n) is 0. The molecule has 82 valence electrons. The van der Waals surface area contributed by atoms with Crippen molar-refractivity contribution in [1.29, 1.82) is 0 Å². The van der Waals surface area contributed by atoms with Crippen LogP contribution in [0.1, 0.15) is 0 Å². The van der Waals surface area contributed by atoms with E-state index in [-0.39, 0.29) is 53.8 Å². The Hall–Kier alpha value is -0.564. The average molecular weight is 255 g/mol. The zero-order valence-corrected chi connectivity index (χ0v) is 7.86. The summed E-state index contributed by atoms with van der Waals surface area (Å²) in [5.74, 6) is 0. The molecule has 12 heavy (non-hydrogen) atoms. The van der Waals surface area contributed by atoms with Gasteiger partial charge in [0, 0.05) is 0 Å². The van der Waals surface area contributed by atoms with Gasteiger partial charge >= 0.3 is 16.8 Å². The first-order valence-corrected chi connectivity index (χ1v) is 0.730. The van der Waals surface area contributed by atoms with E-state index in [0.717, 1.165) is 10.7 Å². The molecule has 0 saturated heterocycles. The molecular weight excluding hydrogens is 242 g/mol. The largest absolute Gasteiger partial charge is 3.00 e. The molecule has 0 saturated carbocycles. The van der Waals surface area contributed by atoms with Crippen molar-refractivity contribution in [2.75, 3.05) is 0 Å². The Morgan fingerprint density at radius 3 is 0.750 bits per heavy atom. The second-order valence-corrected chi connectivity index (χ2v) is 0.149. The normalized spacial score (nSPS) is 2.00. The molecule has 0 aromatic carbocycles. The van der Waals surface area contributed by atoms with Gasteiger partial charge < -0.3 is 57.2 Å². The van der Waals surface area contributed by atoms with Gasteiger partial charge in [0.2, 0.25) is 0 Å². The quantitative estimate of drug-likeness (QED) is 0.281. The van der Waals surface area contributed by atoms with Crippen LogP contribution in [0.4, 0.5) is 0 Å². The van der Waals surface area contributed by atoms with Crippen LogP contribution < -0.4 is 37.0 Å². The third-order valence-corrected chi connectivity index (χ3v) is 0. The first kappa shape index (κ1) is 105. The summed E-state index contributed by atoms with van der Waals surface area (Å²) in [6, 6.07) is 0. The van der Waals surface area contributed by atoms with Gasteiger partial charge in [-0.05, 0) is 0 Å². The molecule has 0 amide bonds. The summed E-state index contributed by atoms with van der Waals surface area (Å²) >= 11 is 0. The zero-order valence-electron chi connectivity index (χ0n) is 6.07. The van der Waals surface area contributed by atoms with E-state index in [1.807, 2.05) is 0 Å². The monoisotopic (exact) mass is 254 g/mol. The summed E-state index contributed by atoms with van der Waals surface area (Å²) in [6.07, 6.45) is 0. The van der Waals surface area contributed by atoms with Gasteiger partial charge in [-0.3, -0.25) is 0 Å². The van der Waals surface area contributed by atoms with Crippen LogP contribution in [-0.2, 0) is 16.8 Å². The second kappa shape index (κ2) is 450. The van der Waals surface area contributed by atoms with Crippen molar-refractivity contribution < 1.29 is 29.2 Å².